The first-order valence-corrected chi connectivity index (χ1v) is 6.63. The second-order valence-electron chi connectivity index (χ2n) is 4.25. The van der Waals surface area contributed by atoms with Crippen LogP contribution in [0.25, 0.3) is 0 Å². The van der Waals surface area contributed by atoms with E-state index in [9.17, 15) is 0 Å². The molecule has 0 unspecified atom stereocenters. The maximum atomic E-state index is 9.06. The van der Waals surface area contributed by atoms with Crippen molar-refractivity contribution >= 4 is 17.3 Å². The molecule has 0 aliphatic heterocycles. The first-order valence-electron chi connectivity index (χ1n) is 6.25. The number of rotatable bonds is 5. The molecule has 0 saturated carbocycles. The Bertz CT molecular complexity index is 716. The maximum absolute atomic E-state index is 9.06. The summed E-state index contributed by atoms with van der Waals surface area (Å²) < 4.78 is 5.25. The van der Waals surface area contributed by atoms with Gasteiger partial charge < -0.3 is 10.1 Å². The fourth-order valence-electron chi connectivity index (χ4n) is 1.82. The number of ether oxygens (including phenoxy) is 1. The van der Waals surface area contributed by atoms with Gasteiger partial charge >= 0.3 is 0 Å². The van der Waals surface area contributed by atoms with E-state index in [4.69, 9.17) is 26.9 Å². The highest BCUT2D eigenvalue weighted by atomic mass is 35.5. The molecule has 0 spiro atoms. The number of nitrogens with one attached hydrogen (secondary N) is 1. The molecule has 21 heavy (non-hydrogen) atoms. The zero-order valence-corrected chi connectivity index (χ0v) is 11.9. The summed E-state index contributed by atoms with van der Waals surface area (Å²) in [6, 6.07) is 16.5. The van der Waals surface area contributed by atoms with E-state index in [0.717, 1.165) is 5.56 Å². The minimum Gasteiger partial charge on any atom is -0.479 e. The van der Waals surface area contributed by atoms with Crippen LogP contribution in [0.3, 0.4) is 0 Å². The third-order valence-corrected chi connectivity index (χ3v) is 3.02. The molecule has 2 aromatic rings. The summed E-state index contributed by atoms with van der Waals surface area (Å²) in [5.74, 6) is 0.641. The molecule has 0 fully saturated rings. The van der Waals surface area contributed by atoms with Crippen molar-refractivity contribution in [2.45, 2.75) is 6.54 Å². The van der Waals surface area contributed by atoms with Gasteiger partial charge in [-0.1, -0.05) is 23.7 Å². The van der Waals surface area contributed by atoms with Gasteiger partial charge in [-0.15, -0.1) is 0 Å². The Hall–Kier alpha value is -2.69. The summed E-state index contributed by atoms with van der Waals surface area (Å²) >= 11 is 5.94. The number of hydrogen-bond donors (Lipinski definition) is 1. The topological polar surface area (TPSA) is 68.8 Å². The maximum Gasteiger partial charge on any atom is 0.174 e. The van der Waals surface area contributed by atoms with Crippen molar-refractivity contribution in [1.29, 1.82) is 10.5 Å². The molecule has 0 atom stereocenters. The molecule has 4 nitrogen and oxygen atoms in total. The van der Waals surface area contributed by atoms with Crippen LogP contribution in [0.4, 0.5) is 5.69 Å². The number of nitrogens with zero attached hydrogens (tertiary/aromatic N) is 2. The van der Waals surface area contributed by atoms with Gasteiger partial charge in [-0.05, 0) is 35.9 Å². The van der Waals surface area contributed by atoms with Gasteiger partial charge in [0.05, 0.1) is 11.3 Å². The molecule has 2 aromatic carbocycles. The third-order valence-electron chi connectivity index (χ3n) is 2.79. The predicted molar refractivity (Wildman–Crippen MR) is 81.0 cm³/mol. The minimum absolute atomic E-state index is 0.0176. The SMILES string of the molecule is N#CCOc1cccc(CNc2cc(Cl)ccc2C#N)c1. The second kappa shape index (κ2) is 7.19. The van der Waals surface area contributed by atoms with Gasteiger partial charge in [0.25, 0.3) is 0 Å². The Morgan fingerprint density at radius 2 is 2.00 bits per heavy atom. The molecule has 104 valence electrons. The van der Waals surface area contributed by atoms with Crippen LogP contribution in [-0.4, -0.2) is 6.61 Å². The lowest BCUT2D eigenvalue weighted by Gasteiger charge is -2.10. The van der Waals surface area contributed by atoms with E-state index in [2.05, 4.69) is 11.4 Å². The fourth-order valence-corrected chi connectivity index (χ4v) is 1.99. The molecule has 5 heteroatoms. The van der Waals surface area contributed by atoms with Crippen molar-refractivity contribution in [2.24, 2.45) is 0 Å². The van der Waals surface area contributed by atoms with Crippen molar-refractivity contribution in [1.82, 2.24) is 0 Å². The molecular formula is C16H12ClN3O. The van der Waals surface area contributed by atoms with Crippen LogP contribution < -0.4 is 10.1 Å². The summed E-state index contributed by atoms with van der Waals surface area (Å²) in [5, 5.41) is 21.3. The van der Waals surface area contributed by atoms with Crippen LogP contribution in [0, 0.1) is 22.7 Å². The molecule has 0 heterocycles. The first kappa shape index (κ1) is 14.7. The minimum atomic E-state index is 0.0176. The van der Waals surface area contributed by atoms with Crippen molar-refractivity contribution in [2.75, 3.05) is 11.9 Å². The predicted octanol–water partition coefficient (Wildman–Crippen LogP) is 3.73. The average molecular weight is 298 g/mol. The van der Waals surface area contributed by atoms with Gasteiger partial charge in [0.2, 0.25) is 0 Å². The van der Waals surface area contributed by atoms with E-state index in [1.165, 1.54) is 0 Å². The number of halogens is 1. The normalized spacial score (nSPS) is 9.48. The van der Waals surface area contributed by atoms with Gasteiger partial charge in [0, 0.05) is 11.6 Å². The van der Waals surface area contributed by atoms with Crippen LogP contribution in [0.5, 0.6) is 5.75 Å². The van der Waals surface area contributed by atoms with E-state index in [-0.39, 0.29) is 6.61 Å². The largest absolute Gasteiger partial charge is 0.479 e. The molecule has 0 aliphatic rings. The summed E-state index contributed by atoms with van der Waals surface area (Å²) in [5.41, 5.74) is 2.21. The number of nitriles is 2. The van der Waals surface area contributed by atoms with Crippen molar-refractivity contribution < 1.29 is 4.74 Å². The van der Waals surface area contributed by atoms with E-state index in [0.29, 0.717) is 28.6 Å². The van der Waals surface area contributed by atoms with E-state index >= 15 is 0 Å². The highest BCUT2D eigenvalue weighted by molar-refractivity contribution is 6.30. The molecule has 0 bridgehead atoms. The van der Waals surface area contributed by atoms with E-state index < -0.39 is 0 Å². The molecule has 0 saturated heterocycles. The molecular weight excluding hydrogens is 286 g/mol. The van der Waals surface area contributed by atoms with Gasteiger partial charge in [0.15, 0.2) is 6.61 Å². The number of benzene rings is 2. The molecule has 2 rings (SSSR count). The summed E-state index contributed by atoms with van der Waals surface area (Å²) in [4.78, 5) is 0. The number of hydrogen-bond acceptors (Lipinski definition) is 4. The Morgan fingerprint density at radius 1 is 1.14 bits per heavy atom. The Morgan fingerprint density at radius 3 is 2.76 bits per heavy atom. The third kappa shape index (κ3) is 4.14. The van der Waals surface area contributed by atoms with Crippen LogP contribution in [0.2, 0.25) is 5.02 Å². The molecule has 0 aliphatic carbocycles. The van der Waals surface area contributed by atoms with Gasteiger partial charge in [-0.2, -0.15) is 10.5 Å². The fraction of sp³-hybridized carbons (Fsp3) is 0.125. The highest BCUT2D eigenvalue weighted by Crippen LogP contribution is 2.21. The Balaban J connectivity index is 2.08. The van der Waals surface area contributed by atoms with Gasteiger partial charge in [-0.3, -0.25) is 0 Å². The molecule has 0 aromatic heterocycles. The quantitative estimate of drug-likeness (QED) is 0.913. The van der Waals surface area contributed by atoms with E-state index in [1.54, 1.807) is 24.3 Å². The summed E-state index contributed by atoms with van der Waals surface area (Å²) in [6.45, 7) is 0.544. The lowest BCUT2D eigenvalue weighted by atomic mass is 10.1. The van der Waals surface area contributed by atoms with Crippen LogP contribution in [0.15, 0.2) is 42.5 Å². The Labute approximate surface area is 128 Å². The lowest BCUT2D eigenvalue weighted by Crippen LogP contribution is -2.02. The first-order chi connectivity index (χ1) is 10.2. The molecule has 0 amide bonds. The van der Waals surface area contributed by atoms with Crippen LogP contribution in [0.1, 0.15) is 11.1 Å². The van der Waals surface area contributed by atoms with Crippen LogP contribution >= 0.6 is 11.6 Å². The summed E-state index contributed by atoms with van der Waals surface area (Å²) in [7, 11) is 0. The van der Waals surface area contributed by atoms with Crippen molar-refractivity contribution in [3.8, 4) is 17.9 Å². The van der Waals surface area contributed by atoms with Crippen molar-refractivity contribution in [3.63, 3.8) is 0 Å². The van der Waals surface area contributed by atoms with Crippen LogP contribution in [-0.2, 0) is 6.54 Å². The zero-order chi connectivity index (χ0) is 15.1. The lowest BCUT2D eigenvalue weighted by molar-refractivity contribution is 0.368. The Kier molecular flexibility index (Phi) is 5.04. The van der Waals surface area contributed by atoms with Gasteiger partial charge in [0.1, 0.15) is 17.9 Å². The van der Waals surface area contributed by atoms with Crippen molar-refractivity contribution in [3.05, 3.63) is 58.6 Å². The molecule has 0 radical (unpaired) electrons. The summed E-state index contributed by atoms with van der Waals surface area (Å²) in [6.07, 6.45) is 0. The van der Waals surface area contributed by atoms with E-state index in [1.807, 2.05) is 24.3 Å². The second-order valence-corrected chi connectivity index (χ2v) is 4.69. The average Bonchev–Trinajstić information content (AvgIpc) is 2.51. The number of anilines is 1. The molecule has 1 N–H and O–H groups in total. The zero-order valence-electron chi connectivity index (χ0n) is 11.1. The van der Waals surface area contributed by atoms with Gasteiger partial charge in [-0.25, -0.2) is 0 Å². The standard InChI is InChI=1S/C16H12ClN3O/c17-14-5-4-13(10-19)16(9-14)20-11-12-2-1-3-15(8-12)21-7-6-18/h1-5,8-9,20H,7,11H2. The highest BCUT2D eigenvalue weighted by Gasteiger charge is 2.03. The monoisotopic (exact) mass is 297 g/mol. The smallest absolute Gasteiger partial charge is 0.174 e.